The zero-order valence-corrected chi connectivity index (χ0v) is 14.0. The fraction of sp³-hybridized carbons (Fsp3) is 0.600. The van der Waals surface area contributed by atoms with E-state index in [0.717, 1.165) is 0 Å². The van der Waals surface area contributed by atoms with Crippen LogP contribution in [0.2, 0.25) is 0 Å². The van der Waals surface area contributed by atoms with Gasteiger partial charge in [-0.1, -0.05) is 18.2 Å². The van der Waals surface area contributed by atoms with Gasteiger partial charge in [-0.25, -0.2) is 13.1 Å². The van der Waals surface area contributed by atoms with E-state index in [4.69, 9.17) is 0 Å². The highest BCUT2D eigenvalue weighted by atomic mass is 32.2. The molecular formula is C15H26N2O3S. The molecule has 0 aliphatic carbocycles. The summed E-state index contributed by atoms with van der Waals surface area (Å²) in [5.74, 6) is 0. The molecule has 0 aromatic heterocycles. The van der Waals surface area contributed by atoms with Crippen LogP contribution in [0.3, 0.4) is 0 Å². The van der Waals surface area contributed by atoms with Crippen molar-refractivity contribution in [1.82, 2.24) is 9.62 Å². The molecule has 0 bridgehead atoms. The average Bonchev–Trinajstić information content (AvgIpc) is 2.42. The zero-order chi connectivity index (χ0) is 16.0. The van der Waals surface area contributed by atoms with E-state index in [1.165, 1.54) is 6.07 Å². The lowest BCUT2D eigenvalue weighted by molar-refractivity contribution is 0.179. The Labute approximate surface area is 128 Å². The first-order valence-electron chi connectivity index (χ1n) is 7.23. The third kappa shape index (κ3) is 5.07. The number of aliphatic hydroxyl groups excluding tert-OH is 1. The Morgan fingerprint density at radius 3 is 2.24 bits per heavy atom. The molecule has 21 heavy (non-hydrogen) atoms. The molecule has 1 rings (SSSR count). The predicted molar refractivity (Wildman–Crippen MR) is 84.5 cm³/mol. The lowest BCUT2D eigenvalue weighted by Gasteiger charge is -2.30. The van der Waals surface area contributed by atoms with Gasteiger partial charge in [0.1, 0.15) is 0 Å². The maximum absolute atomic E-state index is 12.3. The number of hydrogen-bond acceptors (Lipinski definition) is 4. The lowest BCUT2D eigenvalue weighted by Crippen LogP contribution is -2.42. The van der Waals surface area contributed by atoms with Crippen molar-refractivity contribution in [2.24, 2.45) is 0 Å². The summed E-state index contributed by atoms with van der Waals surface area (Å²) in [6.07, 6.45) is 0. The second kappa shape index (κ2) is 7.89. The Morgan fingerprint density at radius 2 is 1.71 bits per heavy atom. The van der Waals surface area contributed by atoms with Crippen LogP contribution in [0.4, 0.5) is 0 Å². The van der Waals surface area contributed by atoms with Crippen molar-refractivity contribution in [3.05, 3.63) is 29.8 Å². The SMILES string of the molecule is CC(C)N(CCNS(=O)(=O)c1ccccc1CO)C(C)C. The van der Waals surface area contributed by atoms with Gasteiger partial charge in [0, 0.05) is 25.2 Å². The molecule has 0 saturated carbocycles. The van der Waals surface area contributed by atoms with Crippen LogP contribution in [0, 0.1) is 0 Å². The van der Waals surface area contributed by atoms with Gasteiger partial charge in [-0.05, 0) is 39.3 Å². The van der Waals surface area contributed by atoms with Crippen molar-refractivity contribution in [2.75, 3.05) is 13.1 Å². The topological polar surface area (TPSA) is 69.6 Å². The van der Waals surface area contributed by atoms with Gasteiger partial charge >= 0.3 is 0 Å². The molecule has 0 saturated heterocycles. The molecule has 1 aromatic carbocycles. The normalized spacial score (nSPS) is 12.6. The van der Waals surface area contributed by atoms with Crippen molar-refractivity contribution >= 4 is 10.0 Å². The third-order valence-corrected chi connectivity index (χ3v) is 4.98. The second-order valence-corrected chi connectivity index (χ2v) is 7.32. The summed E-state index contributed by atoms with van der Waals surface area (Å²) in [6.45, 7) is 9.08. The van der Waals surface area contributed by atoms with Crippen LogP contribution in [0.25, 0.3) is 0 Å². The van der Waals surface area contributed by atoms with E-state index in [1.807, 2.05) is 0 Å². The molecule has 0 unspecified atom stereocenters. The fourth-order valence-corrected chi connectivity index (χ4v) is 3.65. The lowest BCUT2D eigenvalue weighted by atomic mass is 10.2. The molecule has 1 aromatic rings. The molecule has 0 aliphatic heterocycles. The van der Waals surface area contributed by atoms with E-state index < -0.39 is 10.0 Å². The van der Waals surface area contributed by atoms with E-state index in [1.54, 1.807) is 18.2 Å². The van der Waals surface area contributed by atoms with Crippen LogP contribution in [0.15, 0.2) is 29.2 Å². The van der Waals surface area contributed by atoms with E-state index in [9.17, 15) is 13.5 Å². The summed E-state index contributed by atoms with van der Waals surface area (Å²) in [4.78, 5) is 2.37. The predicted octanol–water partition coefficient (Wildman–Crippen LogP) is 1.58. The van der Waals surface area contributed by atoms with Gasteiger partial charge in [-0.15, -0.1) is 0 Å². The Hall–Kier alpha value is -0.950. The van der Waals surface area contributed by atoms with Crippen LogP contribution in [0.5, 0.6) is 0 Å². The average molecular weight is 314 g/mol. The van der Waals surface area contributed by atoms with Gasteiger partial charge < -0.3 is 5.11 Å². The van der Waals surface area contributed by atoms with Crippen molar-refractivity contribution in [2.45, 2.75) is 51.3 Å². The summed E-state index contributed by atoms with van der Waals surface area (Å²) in [5, 5.41) is 9.24. The molecule has 0 spiro atoms. The van der Waals surface area contributed by atoms with Crippen LogP contribution in [-0.2, 0) is 16.6 Å². The van der Waals surface area contributed by atoms with Crippen molar-refractivity contribution in [1.29, 1.82) is 0 Å². The van der Waals surface area contributed by atoms with Crippen molar-refractivity contribution in [3.8, 4) is 0 Å². The Balaban J connectivity index is 2.74. The number of rotatable bonds is 8. The highest BCUT2D eigenvalue weighted by molar-refractivity contribution is 7.89. The molecule has 6 heteroatoms. The number of nitrogens with zero attached hydrogens (tertiary/aromatic N) is 1. The van der Waals surface area contributed by atoms with Gasteiger partial charge in [-0.3, -0.25) is 4.90 Å². The summed E-state index contributed by atoms with van der Waals surface area (Å²) < 4.78 is 27.2. The maximum Gasteiger partial charge on any atom is 0.240 e. The van der Waals surface area contributed by atoms with Crippen LogP contribution in [0.1, 0.15) is 33.3 Å². The molecule has 2 N–H and O–H groups in total. The van der Waals surface area contributed by atoms with Gasteiger partial charge in [-0.2, -0.15) is 0 Å². The van der Waals surface area contributed by atoms with E-state index in [2.05, 4.69) is 37.3 Å². The minimum atomic E-state index is -3.59. The van der Waals surface area contributed by atoms with Gasteiger partial charge in [0.25, 0.3) is 0 Å². The van der Waals surface area contributed by atoms with Crippen LogP contribution >= 0.6 is 0 Å². The van der Waals surface area contributed by atoms with Crippen LogP contribution < -0.4 is 4.72 Å². The quantitative estimate of drug-likeness (QED) is 0.764. The Kier molecular flexibility index (Phi) is 6.80. The number of aliphatic hydroxyl groups is 1. The summed E-state index contributed by atoms with van der Waals surface area (Å²) in [6, 6.07) is 7.21. The standard InChI is InChI=1S/C15H26N2O3S/c1-12(2)17(13(3)4)10-9-16-21(19,20)15-8-6-5-7-14(15)11-18/h5-8,12-13,16,18H,9-11H2,1-4H3. The first-order chi connectivity index (χ1) is 9.79. The number of sulfonamides is 1. The van der Waals surface area contributed by atoms with E-state index in [0.29, 0.717) is 30.7 Å². The summed E-state index contributed by atoms with van der Waals surface area (Å²) in [5.41, 5.74) is 0.412. The molecular weight excluding hydrogens is 288 g/mol. The zero-order valence-electron chi connectivity index (χ0n) is 13.2. The van der Waals surface area contributed by atoms with E-state index >= 15 is 0 Å². The molecule has 0 aliphatic rings. The maximum atomic E-state index is 12.3. The molecule has 0 amide bonds. The fourth-order valence-electron chi connectivity index (χ4n) is 2.40. The molecule has 0 fully saturated rings. The number of nitrogens with one attached hydrogen (secondary N) is 1. The highest BCUT2D eigenvalue weighted by Crippen LogP contribution is 2.15. The van der Waals surface area contributed by atoms with Crippen molar-refractivity contribution < 1.29 is 13.5 Å². The second-order valence-electron chi connectivity index (χ2n) is 5.59. The number of benzene rings is 1. The van der Waals surface area contributed by atoms with Gasteiger partial charge in [0.05, 0.1) is 11.5 Å². The highest BCUT2D eigenvalue weighted by Gasteiger charge is 2.19. The van der Waals surface area contributed by atoms with Gasteiger partial charge in [0.15, 0.2) is 0 Å². The summed E-state index contributed by atoms with van der Waals surface area (Å²) in [7, 11) is -3.59. The summed E-state index contributed by atoms with van der Waals surface area (Å²) >= 11 is 0. The first-order valence-corrected chi connectivity index (χ1v) is 8.72. The number of hydrogen-bond donors (Lipinski definition) is 2. The third-order valence-electron chi connectivity index (χ3n) is 3.42. The smallest absolute Gasteiger partial charge is 0.240 e. The molecule has 5 nitrogen and oxygen atoms in total. The van der Waals surface area contributed by atoms with E-state index in [-0.39, 0.29) is 11.5 Å². The first kappa shape index (κ1) is 18.1. The van der Waals surface area contributed by atoms with Gasteiger partial charge in [0.2, 0.25) is 10.0 Å². The monoisotopic (exact) mass is 314 g/mol. The Bertz CT molecular complexity index is 534. The molecule has 0 radical (unpaired) electrons. The largest absolute Gasteiger partial charge is 0.392 e. The molecule has 0 heterocycles. The molecule has 120 valence electrons. The van der Waals surface area contributed by atoms with Crippen molar-refractivity contribution in [3.63, 3.8) is 0 Å². The van der Waals surface area contributed by atoms with Crippen LogP contribution in [-0.4, -0.2) is 43.6 Å². The minimum Gasteiger partial charge on any atom is -0.392 e. The molecule has 0 atom stereocenters. The minimum absolute atomic E-state index is 0.146. The Morgan fingerprint density at radius 1 is 1.14 bits per heavy atom.